The van der Waals surface area contributed by atoms with E-state index < -0.39 is 0 Å². The molecule has 0 bridgehead atoms. The van der Waals surface area contributed by atoms with Crippen LogP contribution < -0.4 is 5.32 Å². The molecule has 0 aromatic carbocycles. The molecule has 0 aliphatic carbocycles. The fraction of sp³-hybridized carbons (Fsp3) is 0.700. The molecule has 0 spiro atoms. The van der Waals surface area contributed by atoms with Crippen molar-refractivity contribution in [2.24, 2.45) is 0 Å². The highest BCUT2D eigenvalue weighted by Gasteiger charge is 1.79. The third-order valence-corrected chi connectivity index (χ3v) is 1.13. The van der Waals surface area contributed by atoms with Crippen LogP contribution in [-0.2, 0) is 9.53 Å². The van der Waals surface area contributed by atoms with Crippen molar-refractivity contribution in [1.82, 2.24) is 5.32 Å². The first-order valence-corrected chi connectivity index (χ1v) is 4.64. The Labute approximate surface area is 81.2 Å². The maximum Gasteiger partial charge on any atom is 0.243 e. The number of nitrogens with one attached hydrogen (secondary N) is 1. The highest BCUT2D eigenvalue weighted by atomic mass is 16.5. The molecule has 0 saturated carbocycles. The third-order valence-electron chi connectivity index (χ3n) is 1.13. The minimum absolute atomic E-state index is 0.144. The number of hydrogen-bond acceptors (Lipinski definition) is 2. The van der Waals surface area contributed by atoms with E-state index in [2.05, 4.69) is 25.7 Å². The Hall–Kier alpha value is -0.830. The van der Waals surface area contributed by atoms with Gasteiger partial charge in [-0.25, -0.2) is 0 Å². The summed E-state index contributed by atoms with van der Waals surface area (Å²) in [6.45, 7) is 9.31. The van der Waals surface area contributed by atoms with E-state index in [9.17, 15) is 4.79 Å². The van der Waals surface area contributed by atoms with Crippen molar-refractivity contribution < 1.29 is 9.53 Å². The van der Waals surface area contributed by atoms with Crippen molar-refractivity contribution in [3.05, 3.63) is 12.7 Å². The lowest BCUT2D eigenvalue weighted by Crippen LogP contribution is -2.13. The molecule has 3 heteroatoms. The smallest absolute Gasteiger partial charge is 0.243 e. The SMILES string of the molecule is C=CC(=O)NC.CCCOCCC. The molecule has 0 saturated heterocycles. The number of hydrogen-bond donors (Lipinski definition) is 1. The largest absolute Gasteiger partial charge is 0.381 e. The fourth-order valence-corrected chi connectivity index (χ4v) is 0.493. The molecule has 0 radical (unpaired) electrons. The van der Waals surface area contributed by atoms with E-state index in [1.54, 1.807) is 7.05 Å². The van der Waals surface area contributed by atoms with Crippen molar-refractivity contribution in [2.75, 3.05) is 20.3 Å². The molecule has 3 nitrogen and oxygen atoms in total. The van der Waals surface area contributed by atoms with Gasteiger partial charge in [-0.1, -0.05) is 20.4 Å². The lowest BCUT2D eigenvalue weighted by Gasteiger charge is -1.95. The summed E-state index contributed by atoms with van der Waals surface area (Å²) in [5, 5.41) is 2.36. The summed E-state index contributed by atoms with van der Waals surface area (Å²) in [6.07, 6.45) is 3.50. The molecule has 0 aliphatic rings. The molecule has 0 atom stereocenters. The molecule has 13 heavy (non-hydrogen) atoms. The quantitative estimate of drug-likeness (QED) is 0.526. The molecule has 1 amide bonds. The maximum absolute atomic E-state index is 9.95. The van der Waals surface area contributed by atoms with E-state index in [0.29, 0.717) is 0 Å². The molecule has 0 unspecified atom stereocenters. The van der Waals surface area contributed by atoms with Gasteiger partial charge in [-0.15, -0.1) is 0 Å². The first-order chi connectivity index (χ1) is 6.22. The molecule has 0 rings (SSSR count). The van der Waals surface area contributed by atoms with Crippen molar-refractivity contribution in [2.45, 2.75) is 26.7 Å². The number of carbonyl (C=O) groups excluding carboxylic acids is 1. The second-order valence-electron chi connectivity index (χ2n) is 2.43. The van der Waals surface area contributed by atoms with Gasteiger partial charge in [0, 0.05) is 20.3 Å². The Balaban J connectivity index is 0. The first-order valence-electron chi connectivity index (χ1n) is 4.64. The van der Waals surface area contributed by atoms with E-state index in [0.717, 1.165) is 26.1 Å². The summed E-state index contributed by atoms with van der Waals surface area (Å²) >= 11 is 0. The molecule has 78 valence electrons. The van der Waals surface area contributed by atoms with E-state index >= 15 is 0 Å². The van der Waals surface area contributed by atoms with Crippen molar-refractivity contribution in [1.29, 1.82) is 0 Å². The van der Waals surface area contributed by atoms with Gasteiger partial charge < -0.3 is 10.1 Å². The predicted molar refractivity (Wildman–Crippen MR) is 55.7 cm³/mol. The summed E-state index contributed by atoms with van der Waals surface area (Å²) in [6, 6.07) is 0. The number of amides is 1. The van der Waals surface area contributed by atoms with Crippen LogP contribution in [0.15, 0.2) is 12.7 Å². The second-order valence-corrected chi connectivity index (χ2v) is 2.43. The van der Waals surface area contributed by atoms with Crippen molar-refractivity contribution in [3.8, 4) is 0 Å². The summed E-state index contributed by atoms with van der Waals surface area (Å²) < 4.78 is 5.13. The summed E-state index contributed by atoms with van der Waals surface area (Å²) in [5.74, 6) is -0.144. The molecule has 0 aromatic heterocycles. The van der Waals surface area contributed by atoms with E-state index in [4.69, 9.17) is 4.74 Å². The molecular formula is C10H21NO2. The van der Waals surface area contributed by atoms with Crippen molar-refractivity contribution >= 4 is 5.91 Å². The van der Waals surface area contributed by atoms with E-state index in [1.165, 1.54) is 6.08 Å². The summed E-state index contributed by atoms with van der Waals surface area (Å²) in [5.41, 5.74) is 0. The van der Waals surface area contributed by atoms with Crippen LogP contribution in [0, 0.1) is 0 Å². The number of ether oxygens (including phenoxy) is 1. The fourth-order valence-electron chi connectivity index (χ4n) is 0.493. The molecule has 0 fully saturated rings. The first kappa shape index (κ1) is 14.7. The Morgan fingerprint density at radius 2 is 1.85 bits per heavy atom. The van der Waals surface area contributed by atoms with Crippen LogP contribution in [0.25, 0.3) is 0 Å². The Bertz CT molecular complexity index is 120. The predicted octanol–water partition coefficient (Wildman–Crippen LogP) is 1.74. The Morgan fingerprint density at radius 3 is 2.00 bits per heavy atom. The highest BCUT2D eigenvalue weighted by Crippen LogP contribution is 1.81. The van der Waals surface area contributed by atoms with Crippen LogP contribution >= 0.6 is 0 Å². The Kier molecular flexibility index (Phi) is 15.5. The van der Waals surface area contributed by atoms with Gasteiger partial charge in [0.25, 0.3) is 0 Å². The molecular weight excluding hydrogens is 166 g/mol. The number of likely N-dealkylation sites (N-methyl/N-ethyl adjacent to an activating group) is 1. The van der Waals surface area contributed by atoms with Crippen LogP contribution in [0.2, 0.25) is 0 Å². The summed E-state index contributed by atoms with van der Waals surface area (Å²) in [7, 11) is 1.56. The minimum Gasteiger partial charge on any atom is -0.381 e. The van der Waals surface area contributed by atoms with Crippen LogP contribution in [0.4, 0.5) is 0 Å². The zero-order valence-corrected chi connectivity index (χ0v) is 8.93. The zero-order chi connectivity index (χ0) is 10.5. The maximum atomic E-state index is 9.95. The Morgan fingerprint density at radius 1 is 1.38 bits per heavy atom. The average Bonchev–Trinajstić information content (AvgIpc) is 2.18. The van der Waals surface area contributed by atoms with Crippen LogP contribution in [-0.4, -0.2) is 26.2 Å². The van der Waals surface area contributed by atoms with Crippen LogP contribution in [0.5, 0.6) is 0 Å². The van der Waals surface area contributed by atoms with E-state index in [1.807, 2.05) is 0 Å². The standard InChI is InChI=1S/C6H14O.C4H7NO/c1-3-5-7-6-4-2;1-3-4(6)5-2/h3-6H2,1-2H3;3H,1H2,2H3,(H,5,6). The normalized spacial score (nSPS) is 8.23. The van der Waals surface area contributed by atoms with Gasteiger partial charge in [0.05, 0.1) is 0 Å². The van der Waals surface area contributed by atoms with Gasteiger partial charge in [-0.3, -0.25) is 4.79 Å². The highest BCUT2D eigenvalue weighted by molar-refractivity contribution is 5.86. The van der Waals surface area contributed by atoms with Crippen LogP contribution in [0.1, 0.15) is 26.7 Å². The zero-order valence-electron chi connectivity index (χ0n) is 8.93. The van der Waals surface area contributed by atoms with Crippen molar-refractivity contribution in [3.63, 3.8) is 0 Å². The van der Waals surface area contributed by atoms with Gasteiger partial charge in [-0.05, 0) is 18.9 Å². The molecule has 1 N–H and O–H groups in total. The second kappa shape index (κ2) is 13.7. The monoisotopic (exact) mass is 187 g/mol. The molecule has 0 aromatic rings. The number of carbonyl (C=O) groups is 1. The van der Waals surface area contributed by atoms with Gasteiger partial charge in [-0.2, -0.15) is 0 Å². The number of rotatable bonds is 5. The van der Waals surface area contributed by atoms with Crippen LogP contribution in [0.3, 0.4) is 0 Å². The molecule has 0 aliphatic heterocycles. The van der Waals surface area contributed by atoms with Gasteiger partial charge in [0.1, 0.15) is 0 Å². The average molecular weight is 187 g/mol. The lowest BCUT2D eigenvalue weighted by molar-refractivity contribution is -0.116. The summed E-state index contributed by atoms with van der Waals surface area (Å²) in [4.78, 5) is 9.95. The third kappa shape index (κ3) is 18.3. The van der Waals surface area contributed by atoms with Gasteiger partial charge in [0.15, 0.2) is 0 Å². The van der Waals surface area contributed by atoms with E-state index in [-0.39, 0.29) is 5.91 Å². The topological polar surface area (TPSA) is 38.3 Å². The van der Waals surface area contributed by atoms with Gasteiger partial charge >= 0.3 is 0 Å². The van der Waals surface area contributed by atoms with Gasteiger partial charge in [0.2, 0.25) is 5.91 Å². The lowest BCUT2D eigenvalue weighted by atomic mass is 10.5. The molecule has 0 heterocycles. The minimum atomic E-state index is -0.144.